The molecule has 2 aromatic carbocycles. The number of nitrogens with one attached hydrogen (secondary N) is 1. The van der Waals surface area contributed by atoms with Gasteiger partial charge in [0.1, 0.15) is 5.82 Å². The molecule has 0 aliphatic heterocycles. The Morgan fingerprint density at radius 3 is 2.40 bits per heavy atom. The van der Waals surface area contributed by atoms with Crippen molar-refractivity contribution < 1.29 is 0 Å². The van der Waals surface area contributed by atoms with Gasteiger partial charge >= 0.3 is 0 Å². The lowest BCUT2D eigenvalue weighted by molar-refractivity contribution is 0.823. The van der Waals surface area contributed by atoms with Crippen molar-refractivity contribution in [3.8, 4) is 11.4 Å². The van der Waals surface area contributed by atoms with Crippen molar-refractivity contribution in [2.24, 2.45) is 0 Å². The topological polar surface area (TPSA) is 41.6 Å². The van der Waals surface area contributed by atoms with Crippen LogP contribution in [0.3, 0.4) is 0 Å². The fourth-order valence-corrected chi connectivity index (χ4v) is 2.22. The molecule has 1 heterocycles. The Labute approximate surface area is 122 Å². The minimum atomic E-state index is 0.185. The second-order valence-electron chi connectivity index (χ2n) is 4.68. The van der Waals surface area contributed by atoms with E-state index < -0.39 is 0 Å². The maximum absolute atomic E-state index is 5.89. The second-order valence-corrected chi connectivity index (χ2v) is 5.12. The first-order chi connectivity index (χ1) is 9.74. The zero-order valence-electron chi connectivity index (χ0n) is 11.0. The van der Waals surface area contributed by atoms with Crippen molar-refractivity contribution in [1.82, 2.24) is 15.2 Å². The lowest BCUT2D eigenvalue weighted by Crippen LogP contribution is -1.98. The Morgan fingerprint density at radius 2 is 1.70 bits per heavy atom. The van der Waals surface area contributed by atoms with E-state index in [4.69, 9.17) is 11.6 Å². The van der Waals surface area contributed by atoms with Crippen LogP contribution in [0.15, 0.2) is 54.6 Å². The number of H-pyrrole nitrogens is 1. The molecule has 0 aliphatic carbocycles. The first kappa shape index (κ1) is 12.9. The highest BCUT2D eigenvalue weighted by Gasteiger charge is 2.13. The fourth-order valence-electron chi connectivity index (χ4n) is 2.10. The molecule has 1 aromatic heterocycles. The molecule has 4 heteroatoms. The molecule has 0 saturated carbocycles. The van der Waals surface area contributed by atoms with Crippen LogP contribution in [-0.2, 0) is 0 Å². The van der Waals surface area contributed by atoms with Gasteiger partial charge in [-0.25, -0.2) is 4.98 Å². The molecule has 0 spiro atoms. The van der Waals surface area contributed by atoms with Crippen molar-refractivity contribution in [1.29, 1.82) is 0 Å². The number of hydrogen-bond acceptors (Lipinski definition) is 2. The molecule has 3 rings (SSSR count). The third-order valence-corrected chi connectivity index (χ3v) is 3.57. The van der Waals surface area contributed by atoms with Gasteiger partial charge in [0.15, 0.2) is 5.82 Å². The van der Waals surface area contributed by atoms with Gasteiger partial charge in [-0.15, -0.1) is 0 Å². The highest BCUT2D eigenvalue weighted by atomic mass is 35.5. The summed E-state index contributed by atoms with van der Waals surface area (Å²) in [5.41, 5.74) is 2.17. The monoisotopic (exact) mass is 283 g/mol. The molecule has 1 atom stereocenters. The molecule has 0 saturated heterocycles. The summed E-state index contributed by atoms with van der Waals surface area (Å²) in [6.45, 7) is 2.11. The standard InChI is InChI=1S/C16H14ClN3/c1-11(12-5-3-2-4-6-12)15-18-16(20-19-15)13-7-9-14(17)10-8-13/h2-11H,1H3,(H,18,19,20). The number of hydrogen-bond donors (Lipinski definition) is 1. The fraction of sp³-hybridized carbons (Fsp3) is 0.125. The molecule has 3 aromatic rings. The van der Waals surface area contributed by atoms with E-state index >= 15 is 0 Å². The molecule has 1 unspecified atom stereocenters. The highest BCUT2D eigenvalue weighted by Crippen LogP contribution is 2.23. The van der Waals surface area contributed by atoms with Crippen LogP contribution in [0.4, 0.5) is 0 Å². The van der Waals surface area contributed by atoms with E-state index in [2.05, 4.69) is 34.2 Å². The van der Waals surface area contributed by atoms with E-state index in [1.165, 1.54) is 5.56 Å². The number of nitrogens with zero attached hydrogens (tertiary/aromatic N) is 2. The van der Waals surface area contributed by atoms with Gasteiger partial charge in [0.05, 0.1) is 0 Å². The Balaban J connectivity index is 1.89. The van der Waals surface area contributed by atoms with Crippen molar-refractivity contribution in [2.45, 2.75) is 12.8 Å². The van der Waals surface area contributed by atoms with E-state index in [0.29, 0.717) is 10.8 Å². The molecule has 0 fully saturated rings. The van der Waals surface area contributed by atoms with Gasteiger partial charge in [0.2, 0.25) is 0 Å². The molecule has 0 amide bonds. The van der Waals surface area contributed by atoms with Crippen molar-refractivity contribution >= 4 is 11.6 Å². The van der Waals surface area contributed by atoms with Crippen LogP contribution in [0.25, 0.3) is 11.4 Å². The average Bonchev–Trinajstić information content (AvgIpc) is 2.98. The van der Waals surface area contributed by atoms with Crippen molar-refractivity contribution in [2.75, 3.05) is 0 Å². The van der Waals surface area contributed by atoms with Crippen LogP contribution in [0.1, 0.15) is 24.2 Å². The number of aromatic amines is 1. The lowest BCUT2D eigenvalue weighted by atomic mass is 10.0. The molecule has 0 radical (unpaired) electrons. The van der Waals surface area contributed by atoms with Gasteiger partial charge in [-0.1, -0.05) is 48.9 Å². The van der Waals surface area contributed by atoms with Crippen LogP contribution < -0.4 is 0 Å². The molecular formula is C16H14ClN3. The third kappa shape index (κ3) is 2.58. The molecule has 0 aliphatic rings. The summed E-state index contributed by atoms with van der Waals surface area (Å²) in [7, 11) is 0. The van der Waals surface area contributed by atoms with Crippen molar-refractivity contribution in [3.05, 3.63) is 71.0 Å². The Kier molecular flexibility index (Phi) is 3.52. The molecule has 0 bridgehead atoms. The molecule has 3 nitrogen and oxygen atoms in total. The van der Waals surface area contributed by atoms with Crippen LogP contribution in [0, 0.1) is 0 Å². The van der Waals surface area contributed by atoms with Crippen LogP contribution in [-0.4, -0.2) is 15.2 Å². The predicted molar refractivity (Wildman–Crippen MR) is 80.8 cm³/mol. The zero-order chi connectivity index (χ0) is 13.9. The van der Waals surface area contributed by atoms with E-state index in [-0.39, 0.29) is 5.92 Å². The quantitative estimate of drug-likeness (QED) is 0.779. The van der Waals surface area contributed by atoms with E-state index in [1.807, 2.05) is 42.5 Å². The van der Waals surface area contributed by atoms with Crippen molar-refractivity contribution in [3.63, 3.8) is 0 Å². The van der Waals surface area contributed by atoms with Gasteiger partial charge in [0, 0.05) is 16.5 Å². The Hall–Kier alpha value is -2.13. The van der Waals surface area contributed by atoms with E-state index in [0.717, 1.165) is 11.4 Å². The van der Waals surface area contributed by atoms with E-state index in [1.54, 1.807) is 0 Å². The summed E-state index contributed by atoms with van der Waals surface area (Å²) in [5, 5.41) is 8.02. The molecular weight excluding hydrogens is 270 g/mol. The minimum absolute atomic E-state index is 0.185. The zero-order valence-corrected chi connectivity index (χ0v) is 11.8. The molecule has 100 valence electrons. The molecule has 20 heavy (non-hydrogen) atoms. The predicted octanol–water partition coefficient (Wildman–Crippen LogP) is 4.28. The highest BCUT2D eigenvalue weighted by molar-refractivity contribution is 6.30. The summed E-state index contributed by atoms with van der Waals surface area (Å²) < 4.78 is 0. The first-order valence-electron chi connectivity index (χ1n) is 6.47. The van der Waals surface area contributed by atoms with Gasteiger partial charge in [-0.2, -0.15) is 5.10 Å². The molecule has 1 N–H and O–H groups in total. The number of halogens is 1. The Bertz CT molecular complexity index is 689. The number of benzene rings is 2. The smallest absolute Gasteiger partial charge is 0.181 e. The van der Waals surface area contributed by atoms with E-state index in [9.17, 15) is 0 Å². The normalized spacial score (nSPS) is 12.3. The Morgan fingerprint density at radius 1 is 1.00 bits per heavy atom. The first-order valence-corrected chi connectivity index (χ1v) is 6.85. The maximum atomic E-state index is 5.89. The third-order valence-electron chi connectivity index (χ3n) is 3.31. The van der Waals surface area contributed by atoms with Gasteiger partial charge in [0.25, 0.3) is 0 Å². The minimum Gasteiger partial charge on any atom is -0.262 e. The number of aromatic nitrogens is 3. The van der Waals surface area contributed by atoms with Gasteiger partial charge < -0.3 is 0 Å². The summed E-state index contributed by atoms with van der Waals surface area (Å²) in [6.07, 6.45) is 0. The largest absolute Gasteiger partial charge is 0.262 e. The number of rotatable bonds is 3. The summed E-state index contributed by atoms with van der Waals surface area (Å²) in [4.78, 5) is 4.58. The lowest BCUT2D eigenvalue weighted by Gasteiger charge is -2.07. The summed E-state index contributed by atoms with van der Waals surface area (Å²) in [5.74, 6) is 1.74. The van der Waals surface area contributed by atoms with Crippen LogP contribution in [0.5, 0.6) is 0 Å². The average molecular weight is 284 g/mol. The van der Waals surface area contributed by atoms with Gasteiger partial charge in [-0.3, -0.25) is 5.10 Å². The SMILES string of the molecule is CC(c1ccccc1)c1nc(-c2ccc(Cl)cc2)n[nH]1. The maximum Gasteiger partial charge on any atom is 0.181 e. The summed E-state index contributed by atoms with van der Waals surface area (Å²) in [6, 6.07) is 17.8. The van der Waals surface area contributed by atoms with Crippen LogP contribution in [0.2, 0.25) is 5.02 Å². The van der Waals surface area contributed by atoms with Gasteiger partial charge in [-0.05, 0) is 29.8 Å². The second kappa shape index (κ2) is 5.47. The summed E-state index contributed by atoms with van der Waals surface area (Å²) >= 11 is 5.89. The van der Waals surface area contributed by atoms with Crippen LogP contribution >= 0.6 is 11.6 Å².